The molecule has 0 aromatic rings. The van der Waals surface area contributed by atoms with Gasteiger partial charge in [-0.3, -0.25) is 43.3 Å². The molecule has 0 aromatic heterocycles. The minimum Gasteiger partial charge on any atom is -0.436 e. The van der Waals surface area contributed by atoms with E-state index >= 15 is 0 Å². The van der Waals surface area contributed by atoms with Crippen LogP contribution < -0.4 is 0 Å². The van der Waals surface area contributed by atoms with Gasteiger partial charge in [0, 0.05) is 38.5 Å². The summed E-state index contributed by atoms with van der Waals surface area (Å²) < 4.78 is 4.10. The molecule has 3 fully saturated rings. The van der Waals surface area contributed by atoms with E-state index in [-0.39, 0.29) is 56.1 Å². The summed E-state index contributed by atoms with van der Waals surface area (Å²) in [4.78, 5) is 101. The van der Waals surface area contributed by atoms with Gasteiger partial charge in [-0.2, -0.15) is 4.79 Å². The minimum atomic E-state index is -1.48. The van der Waals surface area contributed by atoms with Gasteiger partial charge >= 0.3 is 12.3 Å². The Bertz CT molecular complexity index is 736. The zero-order chi connectivity index (χ0) is 24.4. The number of amides is 6. The highest BCUT2D eigenvalue weighted by Crippen LogP contribution is 2.16. The third kappa shape index (κ3) is 7.86. The molecule has 3 aliphatic heterocycles. The van der Waals surface area contributed by atoms with Crippen molar-refractivity contribution in [3.05, 3.63) is 0 Å². The van der Waals surface area contributed by atoms with Crippen LogP contribution in [0, 0.1) is 0 Å². The number of carbonyl (C=O) groups is 8. The summed E-state index contributed by atoms with van der Waals surface area (Å²) in [5.41, 5.74) is 0. The van der Waals surface area contributed by atoms with Gasteiger partial charge in [0.15, 0.2) is 0 Å². The molecule has 15 nitrogen and oxygen atoms in total. The molecule has 0 atom stereocenters. The number of methoxy groups -OCH3 is 1. The first-order valence-corrected chi connectivity index (χ1v) is 9.37. The maximum Gasteiger partial charge on any atom is 0.560 e. The number of hydrogen-bond donors (Lipinski definition) is 0. The third-order valence-corrected chi connectivity index (χ3v) is 3.68. The lowest BCUT2D eigenvalue weighted by atomic mass is 10.4. The van der Waals surface area contributed by atoms with Gasteiger partial charge in [0.2, 0.25) is 0 Å². The van der Waals surface area contributed by atoms with Crippen LogP contribution in [-0.2, 0) is 48.0 Å². The summed E-state index contributed by atoms with van der Waals surface area (Å²) in [5.74, 6) is -3.78. The van der Waals surface area contributed by atoms with Crippen molar-refractivity contribution in [2.45, 2.75) is 59.8 Å². The Kier molecular flexibility index (Phi) is 11.7. The Labute approximate surface area is 188 Å². The summed E-state index contributed by atoms with van der Waals surface area (Å²) in [6.07, 6.45) is -2.64. The second-order valence-corrected chi connectivity index (χ2v) is 5.72. The van der Waals surface area contributed by atoms with Gasteiger partial charge in [-0.1, -0.05) is 36.5 Å². The first-order valence-electron chi connectivity index (χ1n) is 9.37. The smallest absolute Gasteiger partial charge is 0.436 e. The lowest BCUT2D eigenvalue weighted by Gasteiger charge is -2.15. The molecular weight excluding hydrogens is 450 g/mol. The summed E-state index contributed by atoms with van der Waals surface area (Å²) in [7, 11) is 1.09. The van der Waals surface area contributed by atoms with Gasteiger partial charge in [-0.05, 0) is 0 Å². The summed E-state index contributed by atoms with van der Waals surface area (Å²) in [6, 6.07) is 0. The van der Waals surface area contributed by atoms with Crippen molar-refractivity contribution in [1.82, 2.24) is 15.2 Å². The fraction of sp³-hybridized carbons (Fsp3) is 0.556. The molecule has 0 saturated carbocycles. The van der Waals surface area contributed by atoms with E-state index in [0.29, 0.717) is 5.06 Å². The van der Waals surface area contributed by atoms with E-state index < -0.39 is 47.8 Å². The van der Waals surface area contributed by atoms with E-state index in [0.717, 1.165) is 7.11 Å². The summed E-state index contributed by atoms with van der Waals surface area (Å²) in [6.45, 7) is 4.00. The van der Waals surface area contributed by atoms with Crippen molar-refractivity contribution in [3.8, 4) is 0 Å². The van der Waals surface area contributed by atoms with E-state index in [9.17, 15) is 38.4 Å². The molecule has 0 radical (unpaired) electrons. The number of nitrogens with zero attached hydrogens (tertiary/aromatic N) is 3. The standard InChI is InChI=1S/C9H8N2O7.C6H7NO5.C2H6.CH4/c12-5-1-2-6(13)10(5)17-9(16)18-11-7(14)3-4-8(11)15;1-11-6(10)12-7-4(8)2-3-5(7)9;1-2;/h1-4H2;2-3H2,1H3;1-2H3;1H4. The molecule has 0 N–H and O–H groups in total. The topological polar surface area (TPSA) is 183 Å². The van der Waals surface area contributed by atoms with Crippen molar-refractivity contribution in [2.75, 3.05) is 7.11 Å². The van der Waals surface area contributed by atoms with Crippen molar-refractivity contribution in [2.24, 2.45) is 0 Å². The number of hydroxylamine groups is 6. The monoisotopic (exact) mass is 475 g/mol. The number of ether oxygens (including phenoxy) is 1. The zero-order valence-electron chi connectivity index (χ0n) is 17.5. The molecule has 0 unspecified atom stereocenters. The molecule has 0 spiro atoms. The summed E-state index contributed by atoms with van der Waals surface area (Å²) >= 11 is 0. The van der Waals surface area contributed by atoms with Crippen molar-refractivity contribution < 1.29 is 57.6 Å². The predicted molar refractivity (Wildman–Crippen MR) is 102 cm³/mol. The fourth-order valence-corrected chi connectivity index (χ4v) is 2.25. The van der Waals surface area contributed by atoms with Crippen LogP contribution in [0.3, 0.4) is 0 Å². The van der Waals surface area contributed by atoms with Crippen molar-refractivity contribution in [3.63, 3.8) is 0 Å². The first-order chi connectivity index (χ1) is 15.1. The second kappa shape index (κ2) is 13.4. The molecule has 0 aliphatic carbocycles. The maximum absolute atomic E-state index is 11.2. The van der Waals surface area contributed by atoms with Gasteiger partial charge in [0.25, 0.3) is 35.4 Å². The van der Waals surface area contributed by atoms with Crippen LogP contribution in [0.25, 0.3) is 0 Å². The normalized spacial score (nSPS) is 17.0. The van der Waals surface area contributed by atoms with Gasteiger partial charge in [-0.25, -0.2) is 4.79 Å². The Hall–Kier alpha value is -4.04. The molecule has 33 heavy (non-hydrogen) atoms. The average Bonchev–Trinajstić information content (AvgIpc) is 3.38. The van der Waals surface area contributed by atoms with Crippen LogP contribution in [0.2, 0.25) is 0 Å². The van der Waals surface area contributed by atoms with E-state index in [1.54, 1.807) is 0 Å². The molecule has 3 aliphatic rings. The van der Waals surface area contributed by atoms with Crippen LogP contribution in [-0.4, -0.2) is 70.1 Å². The maximum atomic E-state index is 11.2. The average molecular weight is 475 g/mol. The lowest BCUT2D eigenvalue weighted by Crippen LogP contribution is -2.37. The van der Waals surface area contributed by atoms with Crippen LogP contribution in [0.5, 0.6) is 0 Å². The second-order valence-electron chi connectivity index (χ2n) is 5.72. The number of carbonyl (C=O) groups excluding carboxylic acids is 8. The van der Waals surface area contributed by atoms with E-state index in [1.165, 1.54) is 0 Å². The molecule has 15 heteroatoms. The molecular formula is C18H25N3O12. The summed E-state index contributed by atoms with van der Waals surface area (Å²) in [5, 5.41) is 0.937. The fourth-order valence-electron chi connectivity index (χ4n) is 2.25. The zero-order valence-corrected chi connectivity index (χ0v) is 17.5. The Balaban J connectivity index is 0.000000599. The highest BCUT2D eigenvalue weighted by Gasteiger charge is 2.37. The number of rotatable bonds is 3. The number of hydrogen-bond acceptors (Lipinski definition) is 12. The largest absolute Gasteiger partial charge is 0.560 e. The van der Waals surface area contributed by atoms with Crippen LogP contribution in [0.1, 0.15) is 59.8 Å². The van der Waals surface area contributed by atoms with Gasteiger partial charge < -0.3 is 4.74 Å². The minimum absolute atomic E-state index is 0. The molecule has 6 amide bonds. The van der Waals surface area contributed by atoms with Crippen LogP contribution >= 0.6 is 0 Å². The quantitative estimate of drug-likeness (QED) is 0.413. The molecule has 3 heterocycles. The molecule has 3 saturated heterocycles. The molecule has 0 bridgehead atoms. The Morgan fingerprint density at radius 2 is 0.758 bits per heavy atom. The van der Waals surface area contributed by atoms with Crippen molar-refractivity contribution in [1.29, 1.82) is 0 Å². The van der Waals surface area contributed by atoms with Crippen LogP contribution in [0.4, 0.5) is 9.59 Å². The van der Waals surface area contributed by atoms with E-state index in [4.69, 9.17) is 0 Å². The Morgan fingerprint density at radius 1 is 0.545 bits per heavy atom. The van der Waals surface area contributed by atoms with Gasteiger partial charge in [0.05, 0.1) is 7.11 Å². The van der Waals surface area contributed by atoms with Gasteiger partial charge in [-0.15, -0.1) is 0 Å². The van der Waals surface area contributed by atoms with Crippen molar-refractivity contribution >= 4 is 47.8 Å². The highest BCUT2D eigenvalue weighted by atomic mass is 16.9. The van der Waals surface area contributed by atoms with E-state index in [1.807, 2.05) is 13.8 Å². The lowest BCUT2D eigenvalue weighted by molar-refractivity contribution is -0.198. The molecule has 0 aromatic carbocycles. The number of imide groups is 3. The highest BCUT2D eigenvalue weighted by molar-refractivity contribution is 6.03. The van der Waals surface area contributed by atoms with Crippen LogP contribution in [0.15, 0.2) is 0 Å². The first kappa shape index (κ1) is 29.0. The third-order valence-electron chi connectivity index (χ3n) is 3.68. The van der Waals surface area contributed by atoms with E-state index in [2.05, 4.69) is 19.2 Å². The SMILES string of the molecule is C.CC.COC(=O)ON1C(=O)CCC1=O.O=C(ON1C(=O)CCC1=O)ON1C(=O)CCC1=O. The van der Waals surface area contributed by atoms with Gasteiger partial charge in [0.1, 0.15) is 0 Å². The molecule has 3 rings (SSSR count). The molecule has 184 valence electrons. The Morgan fingerprint density at radius 3 is 0.970 bits per heavy atom. The predicted octanol–water partition coefficient (Wildman–Crippen LogP) is 0.763.